The number of aromatic nitrogens is 1. The van der Waals surface area contributed by atoms with Crippen molar-refractivity contribution in [1.29, 1.82) is 0 Å². The Labute approximate surface area is 109 Å². The van der Waals surface area contributed by atoms with Gasteiger partial charge in [-0.2, -0.15) is 0 Å². The first-order valence-electron chi connectivity index (χ1n) is 6.13. The molecule has 1 fully saturated rings. The number of piperidine rings is 1. The van der Waals surface area contributed by atoms with E-state index < -0.39 is 0 Å². The molecular weight excluding hydrogens is 242 g/mol. The predicted octanol–water partition coefficient (Wildman–Crippen LogP) is 1.34. The van der Waals surface area contributed by atoms with Gasteiger partial charge >= 0.3 is 0 Å². The number of anilines is 1. The maximum atomic E-state index is 11.9. The van der Waals surface area contributed by atoms with Crippen LogP contribution in [0.5, 0.6) is 0 Å². The van der Waals surface area contributed by atoms with Crippen molar-refractivity contribution in [3.63, 3.8) is 0 Å². The minimum atomic E-state index is -0.386. The van der Waals surface area contributed by atoms with Gasteiger partial charge in [0.15, 0.2) is 0 Å². The molecule has 2 amide bonds. The summed E-state index contributed by atoms with van der Waals surface area (Å²) in [5.41, 5.74) is 7.12. The molecule has 1 aromatic heterocycles. The minimum absolute atomic E-state index is 0.221. The summed E-state index contributed by atoms with van der Waals surface area (Å²) in [7, 11) is 0. The van der Waals surface area contributed by atoms with Crippen molar-refractivity contribution < 1.29 is 9.59 Å². The number of imide groups is 1. The smallest absolute Gasteiger partial charge is 0.235 e. The molecule has 2 aromatic rings. The average molecular weight is 255 g/mol. The molecule has 1 atom stereocenters. The molecule has 5 nitrogen and oxygen atoms in total. The molecule has 3 rings (SSSR count). The molecule has 1 saturated heterocycles. The zero-order chi connectivity index (χ0) is 13.4. The maximum absolute atomic E-state index is 11.9. The van der Waals surface area contributed by atoms with E-state index in [-0.39, 0.29) is 17.7 Å². The Morgan fingerprint density at radius 2 is 2.11 bits per heavy atom. The molecule has 1 aromatic carbocycles. The molecule has 3 N–H and O–H groups in total. The molecule has 1 unspecified atom stereocenters. The van der Waals surface area contributed by atoms with Crippen LogP contribution in [0.15, 0.2) is 30.5 Å². The quantitative estimate of drug-likeness (QED) is 0.594. The summed E-state index contributed by atoms with van der Waals surface area (Å²) in [6.45, 7) is 0. The van der Waals surface area contributed by atoms with Gasteiger partial charge in [0.1, 0.15) is 0 Å². The molecule has 0 bridgehead atoms. The van der Waals surface area contributed by atoms with Crippen LogP contribution in [-0.2, 0) is 9.59 Å². The minimum Gasteiger partial charge on any atom is -0.399 e. The van der Waals surface area contributed by atoms with E-state index in [0.717, 1.165) is 10.8 Å². The SMILES string of the molecule is Nc1ccc2ccnc(C3CCC(=O)NC3=O)c2c1. The van der Waals surface area contributed by atoms with Crippen LogP contribution in [0.1, 0.15) is 24.5 Å². The fourth-order valence-electron chi connectivity index (χ4n) is 2.44. The Balaban J connectivity index is 2.12. The highest BCUT2D eigenvalue weighted by Gasteiger charge is 2.30. The second-order valence-electron chi connectivity index (χ2n) is 4.68. The first kappa shape index (κ1) is 11.6. The number of nitrogen functional groups attached to an aromatic ring is 1. The van der Waals surface area contributed by atoms with E-state index in [9.17, 15) is 9.59 Å². The Morgan fingerprint density at radius 1 is 1.26 bits per heavy atom. The Hall–Kier alpha value is -2.43. The van der Waals surface area contributed by atoms with Gasteiger partial charge in [-0.3, -0.25) is 19.9 Å². The van der Waals surface area contributed by atoms with Crippen LogP contribution in [0.4, 0.5) is 5.69 Å². The summed E-state index contributed by atoms with van der Waals surface area (Å²) in [4.78, 5) is 27.4. The summed E-state index contributed by atoms with van der Waals surface area (Å²) in [6.07, 6.45) is 2.51. The number of nitrogens with two attached hydrogens (primary N) is 1. The van der Waals surface area contributed by atoms with Gasteiger partial charge in [0.25, 0.3) is 0 Å². The number of hydrogen-bond acceptors (Lipinski definition) is 4. The lowest BCUT2D eigenvalue weighted by atomic mass is 9.91. The highest BCUT2D eigenvalue weighted by molar-refractivity contribution is 6.02. The number of pyridine rings is 1. The van der Waals surface area contributed by atoms with Crippen LogP contribution in [0.25, 0.3) is 10.8 Å². The van der Waals surface area contributed by atoms with E-state index in [1.54, 1.807) is 6.20 Å². The molecular formula is C14H13N3O2. The number of carbonyl (C=O) groups excluding carboxylic acids is 2. The molecule has 96 valence electrons. The summed E-state index contributed by atoms with van der Waals surface area (Å²) in [6, 6.07) is 7.42. The fraction of sp³-hybridized carbons (Fsp3) is 0.214. The summed E-state index contributed by atoms with van der Waals surface area (Å²) >= 11 is 0. The number of hydrogen-bond donors (Lipinski definition) is 2. The third-order valence-electron chi connectivity index (χ3n) is 3.39. The van der Waals surface area contributed by atoms with Gasteiger partial charge in [0, 0.05) is 23.7 Å². The molecule has 1 aliphatic rings. The number of nitrogens with zero attached hydrogens (tertiary/aromatic N) is 1. The largest absolute Gasteiger partial charge is 0.399 e. The van der Waals surface area contributed by atoms with Gasteiger partial charge in [0.05, 0.1) is 11.6 Å². The Morgan fingerprint density at radius 3 is 2.89 bits per heavy atom. The molecule has 19 heavy (non-hydrogen) atoms. The monoisotopic (exact) mass is 255 g/mol. The first-order chi connectivity index (χ1) is 9.15. The first-order valence-corrected chi connectivity index (χ1v) is 6.13. The Bertz CT molecular complexity index is 681. The zero-order valence-corrected chi connectivity index (χ0v) is 10.2. The highest BCUT2D eigenvalue weighted by Crippen LogP contribution is 2.30. The molecule has 1 aliphatic heterocycles. The second kappa shape index (κ2) is 4.35. The lowest BCUT2D eigenvalue weighted by Crippen LogP contribution is -2.39. The van der Waals surface area contributed by atoms with Crippen LogP contribution in [0.3, 0.4) is 0 Å². The predicted molar refractivity (Wildman–Crippen MR) is 71.3 cm³/mol. The summed E-state index contributed by atoms with van der Waals surface area (Å²) in [5.74, 6) is -0.886. The molecule has 0 radical (unpaired) electrons. The number of rotatable bonds is 1. The van der Waals surface area contributed by atoms with Crippen molar-refractivity contribution in [2.24, 2.45) is 0 Å². The van der Waals surface area contributed by atoms with Crippen molar-refractivity contribution in [2.75, 3.05) is 5.73 Å². The lowest BCUT2D eigenvalue weighted by molar-refractivity contribution is -0.134. The van der Waals surface area contributed by atoms with Crippen LogP contribution in [0, 0.1) is 0 Å². The number of amides is 2. The zero-order valence-electron chi connectivity index (χ0n) is 10.2. The second-order valence-corrected chi connectivity index (χ2v) is 4.68. The van der Waals surface area contributed by atoms with Crippen molar-refractivity contribution in [2.45, 2.75) is 18.8 Å². The lowest BCUT2D eigenvalue weighted by Gasteiger charge is -2.21. The van der Waals surface area contributed by atoms with E-state index >= 15 is 0 Å². The van der Waals surface area contributed by atoms with Crippen LogP contribution in [0.2, 0.25) is 0 Å². The average Bonchev–Trinajstić information content (AvgIpc) is 2.38. The van der Waals surface area contributed by atoms with E-state index in [4.69, 9.17) is 5.73 Å². The number of fused-ring (bicyclic) bond motifs is 1. The van der Waals surface area contributed by atoms with Gasteiger partial charge in [-0.25, -0.2) is 0 Å². The third kappa shape index (κ3) is 2.03. The van der Waals surface area contributed by atoms with Crippen LogP contribution >= 0.6 is 0 Å². The molecule has 0 spiro atoms. The topological polar surface area (TPSA) is 85.1 Å². The van der Waals surface area contributed by atoms with Crippen molar-refractivity contribution >= 4 is 28.3 Å². The van der Waals surface area contributed by atoms with E-state index in [0.29, 0.717) is 24.2 Å². The van der Waals surface area contributed by atoms with E-state index in [1.165, 1.54) is 0 Å². The van der Waals surface area contributed by atoms with Crippen molar-refractivity contribution in [3.05, 3.63) is 36.2 Å². The molecule has 5 heteroatoms. The van der Waals surface area contributed by atoms with Crippen LogP contribution in [-0.4, -0.2) is 16.8 Å². The van der Waals surface area contributed by atoms with Gasteiger partial charge in [-0.05, 0) is 30.0 Å². The highest BCUT2D eigenvalue weighted by atomic mass is 16.2. The van der Waals surface area contributed by atoms with Gasteiger partial charge in [0.2, 0.25) is 11.8 Å². The Kier molecular flexibility index (Phi) is 2.67. The molecule has 0 aliphatic carbocycles. The summed E-state index contributed by atoms with van der Waals surface area (Å²) in [5, 5.41) is 4.22. The van der Waals surface area contributed by atoms with Crippen LogP contribution < -0.4 is 11.1 Å². The van der Waals surface area contributed by atoms with Crippen molar-refractivity contribution in [3.8, 4) is 0 Å². The fourth-order valence-corrected chi connectivity index (χ4v) is 2.44. The normalized spacial score (nSPS) is 19.5. The van der Waals surface area contributed by atoms with E-state index in [1.807, 2.05) is 24.3 Å². The van der Waals surface area contributed by atoms with E-state index in [2.05, 4.69) is 10.3 Å². The third-order valence-corrected chi connectivity index (χ3v) is 3.39. The van der Waals surface area contributed by atoms with Gasteiger partial charge in [-0.15, -0.1) is 0 Å². The van der Waals surface area contributed by atoms with Gasteiger partial charge in [-0.1, -0.05) is 6.07 Å². The standard InChI is InChI=1S/C14H13N3O2/c15-9-2-1-8-5-6-16-13(11(8)7-9)10-3-4-12(18)17-14(10)19/h1-2,5-7,10H,3-4,15H2,(H,17,18,19). The summed E-state index contributed by atoms with van der Waals surface area (Å²) < 4.78 is 0. The van der Waals surface area contributed by atoms with Crippen molar-refractivity contribution in [1.82, 2.24) is 10.3 Å². The number of benzene rings is 1. The maximum Gasteiger partial charge on any atom is 0.235 e. The molecule has 2 heterocycles. The number of nitrogens with one attached hydrogen (secondary N) is 1. The van der Waals surface area contributed by atoms with Gasteiger partial charge < -0.3 is 5.73 Å². The molecule has 0 saturated carbocycles. The number of carbonyl (C=O) groups is 2.